The number of ether oxygens (including phenoxy) is 1. The Hall–Kier alpha value is -2.55. The molecule has 160 valence electrons. The number of nitrogens with two attached hydrogens (primary N) is 1. The van der Waals surface area contributed by atoms with Gasteiger partial charge in [0.2, 0.25) is 11.8 Å². The summed E-state index contributed by atoms with van der Waals surface area (Å²) >= 11 is 6.34. The standard InChI is InChI=1S/C20H19ClF3N3O3/c1-18(5-6-18)17(29)30-15-8-14(20(22,23)24)26-27(15)13-4-3-10(7-12(13)21)11-9-19(11,2)16(25)28/h3-4,7-8,11H,5-6,9H2,1-2H3,(H2,25,28). The molecular formula is C20H19ClF3N3O3. The summed E-state index contributed by atoms with van der Waals surface area (Å²) in [6, 6.07) is 5.39. The van der Waals surface area contributed by atoms with Crippen molar-refractivity contribution in [3.05, 3.63) is 40.5 Å². The van der Waals surface area contributed by atoms with Gasteiger partial charge in [0.1, 0.15) is 0 Å². The van der Waals surface area contributed by atoms with Crippen molar-refractivity contribution in [2.75, 3.05) is 0 Å². The van der Waals surface area contributed by atoms with E-state index in [2.05, 4.69) is 5.10 Å². The number of alkyl halides is 3. The monoisotopic (exact) mass is 441 g/mol. The van der Waals surface area contributed by atoms with Crippen LogP contribution in [0.5, 0.6) is 5.88 Å². The Morgan fingerprint density at radius 3 is 2.43 bits per heavy atom. The van der Waals surface area contributed by atoms with Gasteiger partial charge in [-0.2, -0.15) is 23.0 Å². The lowest BCUT2D eigenvalue weighted by atomic mass is 10.0. The third-order valence-corrected chi connectivity index (χ3v) is 6.36. The molecule has 1 aromatic carbocycles. The maximum Gasteiger partial charge on any atom is 0.435 e. The van der Waals surface area contributed by atoms with Crippen LogP contribution in [0.2, 0.25) is 5.02 Å². The molecule has 1 amide bonds. The number of amides is 1. The van der Waals surface area contributed by atoms with Gasteiger partial charge in [-0.15, -0.1) is 0 Å². The molecule has 2 aliphatic rings. The number of rotatable bonds is 5. The molecule has 6 nitrogen and oxygen atoms in total. The van der Waals surface area contributed by atoms with E-state index < -0.39 is 34.6 Å². The Balaban J connectivity index is 1.70. The minimum absolute atomic E-state index is 0.109. The first kappa shape index (κ1) is 20.7. The maximum atomic E-state index is 13.2. The third-order valence-electron chi connectivity index (χ3n) is 6.06. The van der Waals surface area contributed by atoms with Crippen LogP contribution in [-0.4, -0.2) is 21.7 Å². The van der Waals surface area contributed by atoms with Gasteiger partial charge < -0.3 is 10.5 Å². The second-order valence-corrected chi connectivity index (χ2v) is 8.88. The van der Waals surface area contributed by atoms with E-state index in [-0.39, 0.29) is 22.5 Å². The second-order valence-electron chi connectivity index (χ2n) is 8.48. The van der Waals surface area contributed by atoms with Crippen LogP contribution in [0.3, 0.4) is 0 Å². The van der Waals surface area contributed by atoms with Gasteiger partial charge in [-0.3, -0.25) is 9.59 Å². The summed E-state index contributed by atoms with van der Waals surface area (Å²) in [6.07, 6.45) is -2.93. The Bertz CT molecular complexity index is 1060. The molecule has 30 heavy (non-hydrogen) atoms. The van der Waals surface area contributed by atoms with Gasteiger partial charge in [0.15, 0.2) is 5.69 Å². The van der Waals surface area contributed by atoms with Crippen molar-refractivity contribution in [2.45, 2.75) is 45.2 Å². The van der Waals surface area contributed by atoms with E-state index in [1.807, 2.05) is 0 Å². The first-order valence-electron chi connectivity index (χ1n) is 9.34. The SMILES string of the molecule is CC1(C(=O)Oc2cc(C(F)(F)F)nn2-c2ccc(C3CC3(C)C(N)=O)cc2Cl)CC1. The number of esters is 1. The lowest BCUT2D eigenvalue weighted by Crippen LogP contribution is -2.23. The number of benzene rings is 1. The predicted octanol–water partition coefficient (Wildman–Crippen LogP) is 4.23. The summed E-state index contributed by atoms with van der Waals surface area (Å²) in [5.41, 5.74) is 3.75. The molecule has 0 spiro atoms. The normalized spacial score (nSPS) is 24.4. The fraction of sp³-hybridized carbons (Fsp3) is 0.450. The largest absolute Gasteiger partial charge is 0.435 e. The third kappa shape index (κ3) is 3.45. The van der Waals surface area contributed by atoms with Gasteiger partial charge in [-0.05, 0) is 49.8 Å². The van der Waals surface area contributed by atoms with E-state index in [0.717, 1.165) is 10.2 Å². The van der Waals surface area contributed by atoms with Gasteiger partial charge in [-0.1, -0.05) is 24.6 Å². The van der Waals surface area contributed by atoms with Crippen molar-refractivity contribution in [2.24, 2.45) is 16.6 Å². The van der Waals surface area contributed by atoms with Crippen molar-refractivity contribution in [3.8, 4) is 11.6 Å². The number of nitrogens with zero attached hydrogens (tertiary/aromatic N) is 2. The van der Waals surface area contributed by atoms with E-state index >= 15 is 0 Å². The molecular weight excluding hydrogens is 423 g/mol. The highest BCUT2D eigenvalue weighted by Gasteiger charge is 2.55. The topological polar surface area (TPSA) is 87.2 Å². The van der Waals surface area contributed by atoms with Crippen molar-refractivity contribution >= 4 is 23.5 Å². The minimum atomic E-state index is -4.72. The molecule has 1 aromatic heterocycles. The van der Waals surface area contributed by atoms with E-state index in [0.29, 0.717) is 25.3 Å². The molecule has 2 atom stereocenters. The first-order valence-corrected chi connectivity index (χ1v) is 9.72. The zero-order chi connectivity index (χ0) is 22.1. The van der Waals surface area contributed by atoms with E-state index in [9.17, 15) is 22.8 Å². The summed E-state index contributed by atoms with van der Waals surface area (Å²) in [5, 5.41) is 3.68. The maximum absolute atomic E-state index is 13.2. The van der Waals surface area contributed by atoms with Crippen LogP contribution in [0.15, 0.2) is 24.3 Å². The zero-order valence-electron chi connectivity index (χ0n) is 16.2. The van der Waals surface area contributed by atoms with E-state index in [1.165, 1.54) is 6.07 Å². The number of halogens is 4. The fourth-order valence-electron chi connectivity index (χ4n) is 3.39. The van der Waals surface area contributed by atoms with Crippen molar-refractivity contribution in [1.29, 1.82) is 0 Å². The molecule has 2 N–H and O–H groups in total. The molecule has 0 aliphatic heterocycles. The Kier molecular flexibility index (Phi) is 4.47. The van der Waals surface area contributed by atoms with Gasteiger partial charge in [-0.25, -0.2) is 0 Å². The van der Waals surface area contributed by atoms with Crippen LogP contribution in [0.25, 0.3) is 5.69 Å². The number of aromatic nitrogens is 2. The molecule has 4 rings (SSSR count). The van der Waals surface area contributed by atoms with Crippen molar-refractivity contribution < 1.29 is 27.5 Å². The minimum Gasteiger partial charge on any atom is -0.407 e. The fourth-order valence-corrected chi connectivity index (χ4v) is 3.66. The number of carbonyl (C=O) groups excluding carboxylic acids is 2. The lowest BCUT2D eigenvalue weighted by molar-refractivity contribution is -0.142. The Morgan fingerprint density at radius 1 is 1.27 bits per heavy atom. The molecule has 2 aromatic rings. The van der Waals surface area contributed by atoms with Gasteiger partial charge >= 0.3 is 12.1 Å². The van der Waals surface area contributed by atoms with Crippen LogP contribution in [0, 0.1) is 10.8 Å². The molecule has 2 aliphatic carbocycles. The molecule has 2 fully saturated rings. The highest BCUT2D eigenvalue weighted by Crippen LogP contribution is 2.59. The smallest absolute Gasteiger partial charge is 0.407 e. The first-order chi connectivity index (χ1) is 13.8. The van der Waals surface area contributed by atoms with Gasteiger partial charge in [0.05, 0.1) is 21.5 Å². The number of hydrogen-bond donors (Lipinski definition) is 1. The lowest BCUT2D eigenvalue weighted by Gasteiger charge is -2.13. The summed E-state index contributed by atoms with van der Waals surface area (Å²) < 4.78 is 45.8. The van der Waals surface area contributed by atoms with Crippen LogP contribution in [-0.2, 0) is 15.8 Å². The summed E-state index contributed by atoms with van der Waals surface area (Å²) in [6.45, 7) is 3.44. The summed E-state index contributed by atoms with van der Waals surface area (Å²) in [5.74, 6) is -1.50. The number of primary amides is 1. The molecule has 2 saturated carbocycles. The number of hydrogen-bond acceptors (Lipinski definition) is 4. The highest BCUT2D eigenvalue weighted by molar-refractivity contribution is 6.32. The van der Waals surface area contributed by atoms with Gasteiger partial charge in [0.25, 0.3) is 0 Å². The van der Waals surface area contributed by atoms with Crippen molar-refractivity contribution in [1.82, 2.24) is 9.78 Å². The van der Waals surface area contributed by atoms with Crippen molar-refractivity contribution in [3.63, 3.8) is 0 Å². The molecule has 1 heterocycles. The quantitative estimate of drug-likeness (QED) is 0.703. The summed E-state index contributed by atoms with van der Waals surface area (Å²) in [7, 11) is 0. The average Bonchev–Trinajstić information content (AvgIpc) is 3.51. The Labute approximate surface area is 175 Å². The molecule has 0 bridgehead atoms. The van der Waals surface area contributed by atoms with E-state index in [1.54, 1.807) is 26.0 Å². The van der Waals surface area contributed by atoms with Crippen LogP contribution in [0.4, 0.5) is 13.2 Å². The second kappa shape index (κ2) is 6.47. The predicted molar refractivity (Wildman–Crippen MR) is 101 cm³/mol. The van der Waals surface area contributed by atoms with Gasteiger partial charge in [0, 0.05) is 6.07 Å². The summed E-state index contributed by atoms with van der Waals surface area (Å²) in [4.78, 5) is 23.9. The molecule has 0 saturated heterocycles. The van der Waals surface area contributed by atoms with Crippen LogP contribution >= 0.6 is 11.6 Å². The van der Waals surface area contributed by atoms with Crippen LogP contribution in [0.1, 0.15) is 50.3 Å². The number of carbonyl (C=O) groups is 2. The molecule has 0 radical (unpaired) electrons. The highest BCUT2D eigenvalue weighted by atomic mass is 35.5. The molecule has 10 heteroatoms. The van der Waals surface area contributed by atoms with Crippen LogP contribution < -0.4 is 10.5 Å². The average molecular weight is 442 g/mol. The zero-order valence-corrected chi connectivity index (χ0v) is 17.0. The van der Waals surface area contributed by atoms with E-state index in [4.69, 9.17) is 22.1 Å². The molecule has 2 unspecified atom stereocenters. The Morgan fingerprint density at radius 2 is 1.93 bits per heavy atom.